The summed E-state index contributed by atoms with van der Waals surface area (Å²) < 4.78 is 12.1. The zero-order valence-corrected chi connectivity index (χ0v) is 17.6. The maximum atomic E-state index is 6.57. The fourth-order valence-electron chi connectivity index (χ4n) is 5.43. The third kappa shape index (κ3) is 4.37. The molecule has 0 amide bonds. The van der Waals surface area contributed by atoms with E-state index in [-0.39, 0.29) is 6.10 Å². The van der Waals surface area contributed by atoms with Crippen LogP contribution in [0.15, 0.2) is 24.3 Å². The number of ether oxygens (including phenoxy) is 2. The van der Waals surface area contributed by atoms with Crippen LogP contribution >= 0.6 is 11.6 Å². The Morgan fingerprint density at radius 3 is 2.56 bits per heavy atom. The van der Waals surface area contributed by atoms with E-state index in [9.17, 15) is 0 Å². The molecule has 2 atom stereocenters. The van der Waals surface area contributed by atoms with Gasteiger partial charge in [-0.05, 0) is 80.1 Å². The monoisotopic (exact) mass is 391 g/mol. The summed E-state index contributed by atoms with van der Waals surface area (Å²) in [7, 11) is 0. The van der Waals surface area contributed by atoms with Crippen molar-refractivity contribution in [2.24, 2.45) is 17.3 Å². The van der Waals surface area contributed by atoms with Gasteiger partial charge < -0.3 is 14.4 Å². The van der Waals surface area contributed by atoms with Crippen molar-refractivity contribution in [2.75, 3.05) is 32.9 Å². The van der Waals surface area contributed by atoms with Gasteiger partial charge in [-0.1, -0.05) is 37.6 Å². The number of likely N-dealkylation sites (tertiary alicyclic amines) is 1. The second-order valence-electron chi connectivity index (χ2n) is 9.28. The molecule has 0 aromatic heterocycles. The second kappa shape index (κ2) is 8.41. The first kappa shape index (κ1) is 19.7. The Morgan fingerprint density at radius 1 is 1.15 bits per heavy atom. The summed E-state index contributed by atoms with van der Waals surface area (Å²) in [6.07, 6.45) is 6.42. The van der Waals surface area contributed by atoms with Crippen LogP contribution in [0.3, 0.4) is 0 Å². The van der Waals surface area contributed by atoms with Crippen LogP contribution in [0, 0.1) is 17.3 Å². The van der Waals surface area contributed by atoms with E-state index in [1.165, 1.54) is 50.8 Å². The first-order chi connectivity index (χ1) is 13.1. The van der Waals surface area contributed by atoms with E-state index in [1.807, 2.05) is 6.07 Å². The van der Waals surface area contributed by atoms with Crippen molar-refractivity contribution < 1.29 is 9.47 Å². The molecule has 0 aliphatic carbocycles. The van der Waals surface area contributed by atoms with Crippen molar-refractivity contribution >= 4 is 11.6 Å². The van der Waals surface area contributed by atoms with Crippen LogP contribution in [0.2, 0.25) is 5.02 Å². The minimum atomic E-state index is 0.183. The zero-order chi connectivity index (χ0) is 18.9. The summed E-state index contributed by atoms with van der Waals surface area (Å²) in [6, 6.07) is 9.01. The molecule has 3 fully saturated rings. The van der Waals surface area contributed by atoms with E-state index in [1.54, 1.807) is 0 Å². The molecule has 0 unspecified atom stereocenters. The molecule has 1 aromatic rings. The van der Waals surface area contributed by atoms with Gasteiger partial charge in [-0.15, -0.1) is 0 Å². The first-order valence-corrected chi connectivity index (χ1v) is 11.1. The van der Waals surface area contributed by atoms with Crippen LogP contribution in [0.4, 0.5) is 0 Å². The van der Waals surface area contributed by atoms with E-state index < -0.39 is 0 Å². The van der Waals surface area contributed by atoms with Crippen LogP contribution < -0.4 is 0 Å². The number of hydrogen-bond donors (Lipinski definition) is 0. The van der Waals surface area contributed by atoms with Gasteiger partial charge in [-0.3, -0.25) is 0 Å². The van der Waals surface area contributed by atoms with Gasteiger partial charge in [0.1, 0.15) is 0 Å². The Morgan fingerprint density at radius 2 is 1.89 bits per heavy atom. The average molecular weight is 392 g/mol. The third-order valence-electron chi connectivity index (χ3n) is 7.23. The topological polar surface area (TPSA) is 21.7 Å². The van der Waals surface area contributed by atoms with E-state index >= 15 is 0 Å². The maximum absolute atomic E-state index is 6.57. The summed E-state index contributed by atoms with van der Waals surface area (Å²) in [5, 5.41) is 0.809. The predicted octanol–water partition coefficient (Wildman–Crippen LogP) is 5.33. The Labute approximate surface area is 169 Å². The molecule has 0 radical (unpaired) electrons. The van der Waals surface area contributed by atoms with Gasteiger partial charge in [-0.25, -0.2) is 0 Å². The number of hydrogen-bond acceptors (Lipinski definition) is 3. The SMILES string of the molecule is CC(C)[C@@H]1CC2(CCN(C3CCOCC3)CC2)CO[C@H]1c1cccc(Cl)c1. The number of piperidine rings is 1. The minimum absolute atomic E-state index is 0.183. The fourth-order valence-corrected chi connectivity index (χ4v) is 5.63. The highest BCUT2D eigenvalue weighted by Crippen LogP contribution is 2.50. The zero-order valence-electron chi connectivity index (χ0n) is 16.8. The van der Waals surface area contributed by atoms with Crippen molar-refractivity contribution in [3.8, 4) is 0 Å². The first-order valence-electron chi connectivity index (χ1n) is 10.8. The van der Waals surface area contributed by atoms with Gasteiger partial charge in [0.25, 0.3) is 0 Å². The van der Waals surface area contributed by atoms with E-state index in [2.05, 4.69) is 36.9 Å². The Hall–Kier alpha value is -0.610. The van der Waals surface area contributed by atoms with Gasteiger partial charge >= 0.3 is 0 Å². The molecule has 4 rings (SSSR count). The summed E-state index contributed by atoms with van der Waals surface area (Å²) in [5.41, 5.74) is 1.61. The Bertz CT molecular complexity index is 621. The van der Waals surface area contributed by atoms with Crippen LogP contribution in [0.25, 0.3) is 0 Å². The van der Waals surface area contributed by atoms with Gasteiger partial charge in [-0.2, -0.15) is 0 Å². The van der Waals surface area contributed by atoms with Gasteiger partial charge in [0, 0.05) is 24.3 Å². The lowest BCUT2D eigenvalue weighted by atomic mass is 9.66. The second-order valence-corrected chi connectivity index (χ2v) is 9.71. The molecule has 27 heavy (non-hydrogen) atoms. The van der Waals surface area contributed by atoms with Crippen molar-refractivity contribution in [3.05, 3.63) is 34.9 Å². The number of benzene rings is 1. The molecule has 3 nitrogen and oxygen atoms in total. The number of nitrogens with zero attached hydrogens (tertiary/aromatic N) is 1. The van der Waals surface area contributed by atoms with Crippen LogP contribution in [-0.4, -0.2) is 43.9 Å². The summed E-state index contributed by atoms with van der Waals surface area (Å²) in [4.78, 5) is 2.72. The molecule has 4 heteroatoms. The quantitative estimate of drug-likeness (QED) is 0.694. The Kier molecular flexibility index (Phi) is 6.13. The summed E-state index contributed by atoms with van der Waals surface area (Å²) >= 11 is 6.25. The molecule has 1 spiro atoms. The van der Waals surface area contributed by atoms with Gasteiger partial charge in [0.2, 0.25) is 0 Å². The molecule has 0 N–H and O–H groups in total. The predicted molar refractivity (Wildman–Crippen MR) is 110 cm³/mol. The minimum Gasteiger partial charge on any atom is -0.381 e. The molecule has 1 aromatic carbocycles. The third-order valence-corrected chi connectivity index (χ3v) is 7.46. The van der Waals surface area contributed by atoms with Gasteiger partial charge in [0.05, 0.1) is 12.7 Å². The molecular weight excluding hydrogens is 358 g/mol. The lowest BCUT2D eigenvalue weighted by molar-refractivity contribution is -0.135. The highest BCUT2D eigenvalue weighted by molar-refractivity contribution is 6.30. The van der Waals surface area contributed by atoms with Crippen LogP contribution in [0.1, 0.15) is 57.6 Å². The fraction of sp³-hybridized carbons (Fsp3) is 0.739. The smallest absolute Gasteiger partial charge is 0.0856 e. The molecule has 0 saturated carbocycles. The average Bonchev–Trinajstić information content (AvgIpc) is 2.69. The standard InChI is InChI=1S/C23H34ClNO2/c1-17(2)21-15-23(16-27-22(21)18-4-3-5-19(24)14-18)8-10-25(11-9-23)20-6-12-26-13-7-20/h3-5,14,17,20-22H,6-13,15-16H2,1-2H3/t21-,22-/m0/s1. The van der Waals surface area contributed by atoms with Crippen molar-refractivity contribution in [1.82, 2.24) is 4.90 Å². The molecule has 150 valence electrons. The molecule has 3 aliphatic heterocycles. The molecule has 3 saturated heterocycles. The van der Waals surface area contributed by atoms with Crippen molar-refractivity contribution in [1.29, 1.82) is 0 Å². The van der Waals surface area contributed by atoms with E-state index in [4.69, 9.17) is 21.1 Å². The highest BCUT2D eigenvalue weighted by atomic mass is 35.5. The number of rotatable bonds is 3. The maximum Gasteiger partial charge on any atom is 0.0856 e. The molecule has 3 heterocycles. The van der Waals surface area contributed by atoms with Gasteiger partial charge in [0.15, 0.2) is 0 Å². The number of halogens is 1. The largest absolute Gasteiger partial charge is 0.381 e. The highest BCUT2D eigenvalue weighted by Gasteiger charge is 2.45. The normalized spacial score (nSPS) is 30.1. The molecular formula is C23H34ClNO2. The summed E-state index contributed by atoms with van der Waals surface area (Å²) in [6.45, 7) is 9.91. The van der Waals surface area contributed by atoms with Crippen LogP contribution in [0.5, 0.6) is 0 Å². The van der Waals surface area contributed by atoms with Crippen LogP contribution in [-0.2, 0) is 9.47 Å². The van der Waals surface area contributed by atoms with Crippen molar-refractivity contribution in [2.45, 2.75) is 58.1 Å². The lowest BCUT2D eigenvalue weighted by Gasteiger charge is -2.51. The summed E-state index contributed by atoms with van der Waals surface area (Å²) in [5.74, 6) is 1.17. The molecule has 3 aliphatic rings. The van der Waals surface area contributed by atoms with E-state index in [0.29, 0.717) is 17.3 Å². The lowest BCUT2D eigenvalue weighted by Crippen LogP contribution is -2.51. The van der Waals surface area contributed by atoms with E-state index in [0.717, 1.165) is 30.9 Å². The Balaban J connectivity index is 1.43. The molecule has 0 bridgehead atoms. The van der Waals surface area contributed by atoms with Crippen molar-refractivity contribution in [3.63, 3.8) is 0 Å².